The van der Waals surface area contributed by atoms with E-state index in [4.69, 9.17) is 0 Å². The molecular weight excluding hydrogens is 306 g/mol. The zero-order chi connectivity index (χ0) is 16.0. The van der Waals surface area contributed by atoms with Gasteiger partial charge in [-0.3, -0.25) is 0 Å². The molecule has 0 spiro atoms. The fourth-order valence-corrected chi connectivity index (χ4v) is 5.20. The van der Waals surface area contributed by atoms with Crippen molar-refractivity contribution in [3.8, 4) is 0 Å². The summed E-state index contributed by atoms with van der Waals surface area (Å²) in [5, 5.41) is 1.74. The first-order valence-electron chi connectivity index (χ1n) is 7.78. The first-order valence-corrected chi connectivity index (χ1v) is 9.26. The van der Waals surface area contributed by atoms with Crippen LogP contribution in [-0.2, 0) is 9.84 Å². The highest BCUT2D eigenvalue weighted by molar-refractivity contribution is 7.92. The molecule has 4 heteroatoms. The molecule has 0 amide bonds. The van der Waals surface area contributed by atoms with Gasteiger partial charge in [0, 0.05) is 11.9 Å². The average molecular weight is 323 g/mol. The third kappa shape index (κ3) is 1.98. The first-order chi connectivity index (χ1) is 11.1. The van der Waals surface area contributed by atoms with Crippen LogP contribution in [0.4, 0.5) is 11.4 Å². The summed E-state index contributed by atoms with van der Waals surface area (Å²) in [4.78, 5) is 2.96. The molecule has 0 unspecified atom stereocenters. The summed E-state index contributed by atoms with van der Waals surface area (Å²) in [7, 11) is -3.52. The van der Waals surface area contributed by atoms with Gasteiger partial charge in [-0.15, -0.1) is 0 Å². The van der Waals surface area contributed by atoms with Crippen LogP contribution in [0, 0.1) is 0 Å². The van der Waals surface area contributed by atoms with Gasteiger partial charge in [0.1, 0.15) is 4.90 Å². The van der Waals surface area contributed by atoms with Crippen LogP contribution in [-0.4, -0.2) is 15.0 Å². The van der Waals surface area contributed by atoms with Crippen molar-refractivity contribution in [2.45, 2.75) is 23.1 Å². The predicted molar refractivity (Wildman–Crippen MR) is 93.1 cm³/mol. The second-order valence-electron chi connectivity index (χ2n) is 5.76. The number of fused-ring (bicyclic) bond motifs is 4. The van der Waals surface area contributed by atoms with Crippen molar-refractivity contribution >= 4 is 32.0 Å². The molecule has 3 aromatic carbocycles. The Labute approximate surface area is 136 Å². The lowest BCUT2D eigenvalue weighted by Crippen LogP contribution is -2.26. The van der Waals surface area contributed by atoms with E-state index in [-0.39, 0.29) is 0 Å². The Kier molecular flexibility index (Phi) is 3.16. The average Bonchev–Trinajstić information content (AvgIpc) is 2.58. The maximum absolute atomic E-state index is 13.2. The van der Waals surface area contributed by atoms with Crippen molar-refractivity contribution in [3.63, 3.8) is 0 Å². The van der Waals surface area contributed by atoms with E-state index in [9.17, 15) is 8.42 Å². The van der Waals surface area contributed by atoms with E-state index in [1.165, 1.54) is 0 Å². The summed E-state index contributed by atoms with van der Waals surface area (Å²) in [5.74, 6) is 0. The van der Waals surface area contributed by atoms with E-state index in [1.54, 1.807) is 12.1 Å². The summed E-state index contributed by atoms with van der Waals surface area (Å²) < 4.78 is 26.5. The molecule has 3 nitrogen and oxygen atoms in total. The molecule has 1 heterocycles. The maximum atomic E-state index is 13.2. The van der Waals surface area contributed by atoms with Crippen LogP contribution < -0.4 is 4.90 Å². The van der Waals surface area contributed by atoms with Crippen molar-refractivity contribution in [1.29, 1.82) is 0 Å². The molecule has 0 radical (unpaired) electrons. The van der Waals surface area contributed by atoms with Gasteiger partial charge in [0.25, 0.3) is 0 Å². The van der Waals surface area contributed by atoms with E-state index < -0.39 is 9.84 Å². The third-order valence-electron chi connectivity index (χ3n) is 4.31. The van der Waals surface area contributed by atoms with Crippen LogP contribution in [0.1, 0.15) is 13.3 Å². The number of para-hydroxylation sites is 1. The van der Waals surface area contributed by atoms with Crippen molar-refractivity contribution in [3.05, 3.63) is 60.7 Å². The van der Waals surface area contributed by atoms with Gasteiger partial charge >= 0.3 is 0 Å². The van der Waals surface area contributed by atoms with Crippen molar-refractivity contribution < 1.29 is 8.42 Å². The topological polar surface area (TPSA) is 37.4 Å². The van der Waals surface area contributed by atoms with Crippen LogP contribution in [0.25, 0.3) is 10.8 Å². The maximum Gasteiger partial charge on any atom is 0.211 e. The summed E-state index contributed by atoms with van der Waals surface area (Å²) in [6.45, 7) is 2.89. The van der Waals surface area contributed by atoms with Crippen LogP contribution in [0.15, 0.2) is 70.5 Å². The molecule has 1 aliphatic rings. The van der Waals surface area contributed by atoms with Crippen molar-refractivity contribution in [2.75, 3.05) is 11.4 Å². The van der Waals surface area contributed by atoms with Crippen LogP contribution in [0.2, 0.25) is 0 Å². The van der Waals surface area contributed by atoms with Gasteiger partial charge < -0.3 is 4.90 Å². The van der Waals surface area contributed by atoms with Gasteiger partial charge in [-0.1, -0.05) is 49.4 Å². The highest BCUT2D eigenvalue weighted by atomic mass is 32.2. The molecule has 0 N–H and O–H groups in total. The normalized spacial score (nSPS) is 15.3. The van der Waals surface area contributed by atoms with Gasteiger partial charge in [0.15, 0.2) is 0 Å². The Bertz CT molecular complexity index is 1010. The number of nitrogens with zero attached hydrogens (tertiary/aromatic N) is 1. The Balaban J connectivity index is 2.14. The monoisotopic (exact) mass is 323 g/mol. The quantitative estimate of drug-likeness (QED) is 0.695. The lowest BCUT2D eigenvalue weighted by Gasteiger charge is -2.33. The Morgan fingerprint density at radius 2 is 1.61 bits per heavy atom. The Morgan fingerprint density at radius 1 is 0.870 bits per heavy atom. The molecule has 116 valence electrons. The standard InChI is InChI=1S/C19H17NO2S/c1-2-13-20-16-9-5-6-10-18(16)23(21,22)19-15-8-4-3-7-14(15)11-12-17(19)20/h3-12H,2,13H2,1H3. The molecule has 0 atom stereocenters. The lowest BCUT2D eigenvalue weighted by atomic mass is 10.1. The van der Waals surface area contributed by atoms with Crippen LogP contribution >= 0.6 is 0 Å². The molecule has 0 saturated carbocycles. The fourth-order valence-electron chi connectivity index (χ4n) is 3.34. The number of rotatable bonds is 2. The number of hydrogen-bond acceptors (Lipinski definition) is 3. The van der Waals surface area contributed by atoms with Crippen molar-refractivity contribution in [2.24, 2.45) is 0 Å². The molecular formula is C19H17NO2S. The largest absolute Gasteiger partial charge is 0.339 e. The van der Waals surface area contributed by atoms with Gasteiger partial charge in [0.05, 0.1) is 16.3 Å². The summed E-state index contributed by atoms with van der Waals surface area (Å²) in [6, 6.07) is 18.9. The molecule has 1 aliphatic heterocycles. The SMILES string of the molecule is CCCN1c2ccccc2S(=O)(=O)c2c1ccc1ccccc21. The minimum Gasteiger partial charge on any atom is -0.339 e. The number of benzene rings is 3. The van der Waals surface area contributed by atoms with E-state index in [1.807, 2.05) is 48.5 Å². The summed E-state index contributed by atoms with van der Waals surface area (Å²) in [5.41, 5.74) is 1.56. The minimum atomic E-state index is -3.52. The molecule has 3 aromatic rings. The van der Waals surface area contributed by atoms with E-state index in [0.29, 0.717) is 9.79 Å². The third-order valence-corrected chi connectivity index (χ3v) is 6.20. The van der Waals surface area contributed by atoms with Crippen molar-refractivity contribution in [1.82, 2.24) is 0 Å². The zero-order valence-electron chi connectivity index (χ0n) is 12.9. The van der Waals surface area contributed by atoms with Gasteiger partial charge in [-0.2, -0.15) is 0 Å². The minimum absolute atomic E-state index is 0.400. The fraction of sp³-hybridized carbons (Fsp3) is 0.158. The lowest BCUT2D eigenvalue weighted by molar-refractivity contribution is 0.595. The molecule has 0 aromatic heterocycles. The summed E-state index contributed by atoms with van der Waals surface area (Å²) in [6.07, 6.45) is 0.945. The van der Waals surface area contributed by atoms with E-state index in [2.05, 4.69) is 11.8 Å². The van der Waals surface area contributed by atoms with Crippen LogP contribution in [0.5, 0.6) is 0 Å². The Hall–Kier alpha value is -2.33. The predicted octanol–water partition coefficient (Wildman–Crippen LogP) is 4.53. The molecule has 0 saturated heterocycles. The highest BCUT2D eigenvalue weighted by Crippen LogP contribution is 2.46. The molecule has 0 bridgehead atoms. The van der Waals surface area contributed by atoms with Gasteiger partial charge in [-0.25, -0.2) is 8.42 Å². The number of anilines is 2. The molecule has 23 heavy (non-hydrogen) atoms. The Morgan fingerprint density at radius 3 is 2.43 bits per heavy atom. The second kappa shape index (κ2) is 5.10. The zero-order valence-corrected chi connectivity index (χ0v) is 13.7. The number of sulfone groups is 1. The van der Waals surface area contributed by atoms with E-state index in [0.717, 1.165) is 35.1 Å². The highest BCUT2D eigenvalue weighted by Gasteiger charge is 2.34. The molecule has 0 fully saturated rings. The second-order valence-corrected chi connectivity index (χ2v) is 7.61. The van der Waals surface area contributed by atoms with Crippen LogP contribution in [0.3, 0.4) is 0 Å². The molecule has 4 rings (SSSR count). The van der Waals surface area contributed by atoms with Gasteiger partial charge in [0.2, 0.25) is 9.84 Å². The number of hydrogen-bond donors (Lipinski definition) is 0. The summed E-state index contributed by atoms with van der Waals surface area (Å²) >= 11 is 0. The first kappa shape index (κ1) is 14.3. The smallest absolute Gasteiger partial charge is 0.211 e. The van der Waals surface area contributed by atoms with E-state index >= 15 is 0 Å². The molecule has 0 aliphatic carbocycles. The van der Waals surface area contributed by atoms with Gasteiger partial charge in [-0.05, 0) is 30.0 Å².